The Balaban J connectivity index is 2.35. The van der Waals surface area contributed by atoms with E-state index in [1.807, 2.05) is 13.0 Å². The molecule has 1 fully saturated rings. The zero-order chi connectivity index (χ0) is 10.3. The van der Waals surface area contributed by atoms with Crippen LogP contribution in [0.15, 0.2) is 12.2 Å². The van der Waals surface area contributed by atoms with Crippen molar-refractivity contribution in [1.29, 1.82) is 0 Å². The molecule has 0 heterocycles. The average molecular weight is 194 g/mol. The molecule has 0 amide bonds. The molecule has 3 aliphatic rings. The molecular weight excluding hydrogens is 180 g/mol. The Morgan fingerprint density at radius 1 is 1.57 bits per heavy atom. The second-order valence-electron chi connectivity index (χ2n) is 4.41. The van der Waals surface area contributed by atoms with Crippen LogP contribution in [0.3, 0.4) is 0 Å². The van der Waals surface area contributed by atoms with E-state index in [4.69, 9.17) is 4.74 Å². The second-order valence-corrected chi connectivity index (χ2v) is 4.41. The van der Waals surface area contributed by atoms with Crippen LogP contribution in [0.4, 0.5) is 0 Å². The van der Waals surface area contributed by atoms with E-state index in [9.17, 15) is 9.59 Å². The number of carbonyl (C=O) groups excluding carboxylic acids is 2. The maximum absolute atomic E-state index is 11.6. The van der Waals surface area contributed by atoms with Crippen LogP contribution in [0.5, 0.6) is 0 Å². The van der Waals surface area contributed by atoms with Gasteiger partial charge in [-0.15, -0.1) is 0 Å². The summed E-state index contributed by atoms with van der Waals surface area (Å²) in [6.07, 6.45) is 5.26. The normalized spacial score (nSPS) is 40.0. The molecule has 0 spiro atoms. The first kappa shape index (κ1) is 9.44. The fourth-order valence-corrected chi connectivity index (χ4v) is 2.65. The number of ether oxygens (including phenoxy) is 1. The number of ketones is 1. The summed E-state index contributed by atoms with van der Waals surface area (Å²) in [7, 11) is 1.38. The Kier molecular flexibility index (Phi) is 1.98. The number of hydrogen-bond donors (Lipinski definition) is 0. The lowest BCUT2D eigenvalue weighted by Gasteiger charge is -2.42. The second kappa shape index (κ2) is 2.94. The highest BCUT2D eigenvalue weighted by molar-refractivity contribution is 5.93. The highest BCUT2D eigenvalue weighted by atomic mass is 16.5. The third-order valence-corrected chi connectivity index (χ3v) is 3.41. The zero-order valence-corrected chi connectivity index (χ0v) is 8.45. The van der Waals surface area contributed by atoms with Gasteiger partial charge in [-0.1, -0.05) is 12.2 Å². The van der Waals surface area contributed by atoms with E-state index in [1.54, 1.807) is 0 Å². The van der Waals surface area contributed by atoms with Crippen molar-refractivity contribution in [1.82, 2.24) is 0 Å². The van der Waals surface area contributed by atoms with Crippen LogP contribution in [0.25, 0.3) is 0 Å². The molecule has 0 aromatic heterocycles. The molecule has 3 heteroatoms. The SMILES string of the molecule is COC(=O)[C@@]1(C)C[C@H]2C=C[C@@H]1C(=O)C2. The summed E-state index contributed by atoms with van der Waals surface area (Å²) in [6, 6.07) is 0. The summed E-state index contributed by atoms with van der Waals surface area (Å²) in [5, 5.41) is 0. The van der Waals surface area contributed by atoms with Crippen molar-refractivity contribution >= 4 is 11.8 Å². The highest BCUT2D eigenvalue weighted by Gasteiger charge is 2.51. The zero-order valence-electron chi connectivity index (χ0n) is 8.45. The lowest BCUT2D eigenvalue weighted by atomic mass is 9.59. The Labute approximate surface area is 83.1 Å². The van der Waals surface area contributed by atoms with E-state index in [-0.39, 0.29) is 23.6 Å². The predicted octanol–water partition coefficient (Wildman–Crippen LogP) is 1.33. The van der Waals surface area contributed by atoms with E-state index in [2.05, 4.69) is 6.08 Å². The summed E-state index contributed by atoms with van der Waals surface area (Å²) in [5.74, 6) is -0.113. The molecule has 0 aliphatic heterocycles. The van der Waals surface area contributed by atoms with Crippen molar-refractivity contribution in [3.05, 3.63) is 12.2 Å². The summed E-state index contributed by atoms with van der Waals surface area (Å²) in [6.45, 7) is 1.83. The van der Waals surface area contributed by atoms with Gasteiger partial charge in [0.1, 0.15) is 5.78 Å². The molecule has 0 unspecified atom stereocenters. The monoisotopic (exact) mass is 194 g/mol. The fraction of sp³-hybridized carbons (Fsp3) is 0.636. The number of methoxy groups -OCH3 is 1. The molecule has 0 N–H and O–H groups in total. The minimum atomic E-state index is -0.622. The van der Waals surface area contributed by atoms with Crippen molar-refractivity contribution in [3.63, 3.8) is 0 Å². The number of carbonyl (C=O) groups is 2. The molecule has 3 rings (SSSR count). The van der Waals surface area contributed by atoms with Gasteiger partial charge < -0.3 is 4.74 Å². The van der Waals surface area contributed by atoms with Gasteiger partial charge in [0.2, 0.25) is 0 Å². The maximum atomic E-state index is 11.6. The van der Waals surface area contributed by atoms with Gasteiger partial charge in [0.05, 0.1) is 18.4 Å². The molecule has 0 aromatic rings. The van der Waals surface area contributed by atoms with E-state index < -0.39 is 5.41 Å². The van der Waals surface area contributed by atoms with Crippen LogP contribution in [0.1, 0.15) is 19.8 Å². The lowest BCUT2D eigenvalue weighted by molar-refractivity contribution is -0.161. The predicted molar refractivity (Wildman–Crippen MR) is 50.5 cm³/mol. The summed E-state index contributed by atoms with van der Waals surface area (Å²) in [4.78, 5) is 23.2. The molecule has 0 saturated heterocycles. The van der Waals surface area contributed by atoms with Gasteiger partial charge in [-0.25, -0.2) is 0 Å². The standard InChI is InChI=1S/C11H14O3/c1-11(10(13)14-2)6-7-3-4-8(11)9(12)5-7/h3-4,7-8H,5-6H2,1-2H3/t7-,8+,11-/m0/s1. The Bertz CT molecular complexity index is 318. The first-order valence-electron chi connectivity index (χ1n) is 4.87. The topological polar surface area (TPSA) is 43.4 Å². The van der Waals surface area contributed by atoms with E-state index in [1.165, 1.54) is 7.11 Å². The van der Waals surface area contributed by atoms with E-state index in [0.717, 1.165) is 6.42 Å². The summed E-state index contributed by atoms with van der Waals surface area (Å²) in [5.41, 5.74) is -0.622. The van der Waals surface area contributed by atoms with Crippen molar-refractivity contribution in [3.8, 4) is 0 Å². The fourth-order valence-electron chi connectivity index (χ4n) is 2.65. The van der Waals surface area contributed by atoms with Crippen LogP contribution in [-0.4, -0.2) is 18.9 Å². The van der Waals surface area contributed by atoms with Gasteiger partial charge in [-0.2, -0.15) is 0 Å². The van der Waals surface area contributed by atoms with Crippen molar-refractivity contribution in [2.75, 3.05) is 7.11 Å². The molecule has 3 aliphatic carbocycles. The highest BCUT2D eigenvalue weighted by Crippen LogP contribution is 2.47. The Hall–Kier alpha value is -1.12. The molecule has 0 aromatic carbocycles. The first-order chi connectivity index (χ1) is 6.58. The van der Waals surface area contributed by atoms with Crippen LogP contribution in [0, 0.1) is 17.3 Å². The smallest absolute Gasteiger partial charge is 0.312 e. The molecule has 1 saturated carbocycles. The number of esters is 1. The molecule has 2 bridgehead atoms. The first-order valence-corrected chi connectivity index (χ1v) is 4.87. The van der Waals surface area contributed by atoms with Gasteiger partial charge in [0.15, 0.2) is 0 Å². The third kappa shape index (κ3) is 1.11. The Morgan fingerprint density at radius 3 is 2.79 bits per heavy atom. The van der Waals surface area contributed by atoms with Crippen LogP contribution < -0.4 is 0 Å². The van der Waals surface area contributed by atoms with E-state index in [0.29, 0.717) is 6.42 Å². The molecule has 3 atom stereocenters. The van der Waals surface area contributed by atoms with Crippen LogP contribution in [-0.2, 0) is 14.3 Å². The summed E-state index contributed by atoms with van der Waals surface area (Å²) < 4.78 is 4.77. The van der Waals surface area contributed by atoms with Gasteiger partial charge in [-0.3, -0.25) is 9.59 Å². The van der Waals surface area contributed by atoms with Gasteiger partial charge in [0.25, 0.3) is 0 Å². The number of rotatable bonds is 1. The molecular formula is C11H14O3. The lowest BCUT2D eigenvalue weighted by Crippen LogP contribution is -2.48. The molecule has 0 radical (unpaired) electrons. The number of Topliss-reactive ketones (excluding diaryl/α,β-unsaturated/α-hetero) is 1. The third-order valence-electron chi connectivity index (χ3n) is 3.41. The van der Waals surface area contributed by atoms with Gasteiger partial charge in [0, 0.05) is 6.42 Å². The quantitative estimate of drug-likeness (QED) is 0.467. The maximum Gasteiger partial charge on any atom is 0.312 e. The molecule has 14 heavy (non-hydrogen) atoms. The Morgan fingerprint density at radius 2 is 2.29 bits per heavy atom. The van der Waals surface area contributed by atoms with Crippen LogP contribution >= 0.6 is 0 Å². The minimum Gasteiger partial charge on any atom is -0.469 e. The van der Waals surface area contributed by atoms with Gasteiger partial charge >= 0.3 is 5.97 Å². The minimum absolute atomic E-state index is 0.177. The average Bonchev–Trinajstić information content (AvgIpc) is 2.16. The molecule has 76 valence electrons. The summed E-state index contributed by atoms with van der Waals surface area (Å²) >= 11 is 0. The van der Waals surface area contributed by atoms with Gasteiger partial charge in [-0.05, 0) is 19.3 Å². The van der Waals surface area contributed by atoms with Crippen LogP contribution in [0.2, 0.25) is 0 Å². The molecule has 3 nitrogen and oxygen atoms in total. The number of hydrogen-bond acceptors (Lipinski definition) is 3. The van der Waals surface area contributed by atoms with Crippen molar-refractivity contribution in [2.24, 2.45) is 17.3 Å². The number of allylic oxidation sites excluding steroid dienone is 2. The van der Waals surface area contributed by atoms with Crippen molar-refractivity contribution < 1.29 is 14.3 Å². The van der Waals surface area contributed by atoms with Crippen molar-refractivity contribution in [2.45, 2.75) is 19.8 Å². The largest absolute Gasteiger partial charge is 0.469 e. The number of fused-ring (bicyclic) bond motifs is 2. The van der Waals surface area contributed by atoms with E-state index >= 15 is 0 Å².